The molecule has 1 saturated carbocycles. The molecule has 3 nitrogen and oxygen atoms in total. The van der Waals surface area contributed by atoms with E-state index in [1.165, 1.54) is 6.07 Å². The van der Waals surface area contributed by atoms with E-state index in [4.69, 9.17) is 5.11 Å². The second-order valence-electron chi connectivity index (χ2n) is 6.05. The number of rotatable bonds is 3. The predicted octanol–water partition coefficient (Wildman–Crippen LogP) is 3.26. The van der Waals surface area contributed by atoms with Crippen molar-refractivity contribution in [2.75, 3.05) is 6.61 Å². The lowest BCUT2D eigenvalue weighted by Gasteiger charge is -2.28. The number of hydrogen-bond acceptors (Lipinski definition) is 2. The zero-order chi connectivity index (χ0) is 15.5. The molecule has 0 spiro atoms. The first kappa shape index (κ1) is 15.0. The highest BCUT2D eigenvalue weighted by atomic mass is 19.1. The second kappa shape index (κ2) is 6.44. The van der Waals surface area contributed by atoms with Crippen LogP contribution in [0.1, 0.15) is 36.0 Å². The van der Waals surface area contributed by atoms with E-state index in [0.29, 0.717) is 5.92 Å². The summed E-state index contributed by atoms with van der Waals surface area (Å²) >= 11 is 0. The van der Waals surface area contributed by atoms with E-state index in [1.54, 1.807) is 6.07 Å². The van der Waals surface area contributed by atoms with E-state index in [2.05, 4.69) is 5.32 Å². The maximum atomic E-state index is 14.1. The fraction of sp³-hybridized carbons (Fsp3) is 0.389. The molecule has 1 amide bonds. The fourth-order valence-electron chi connectivity index (χ4n) is 3.14. The van der Waals surface area contributed by atoms with Crippen molar-refractivity contribution in [2.45, 2.75) is 31.7 Å². The fourth-order valence-corrected chi connectivity index (χ4v) is 3.14. The Hall–Kier alpha value is -1.94. The number of carbonyl (C=O) groups excluding carboxylic acids is 1. The molecule has 1 aliphatic rings. The molecule has 0 atom stereocenters. The Kier molecular flexibility index (Phi) is 4.39. The van der Waals surface area contributed by atoms with Crippen LogP contribution in [0.15, 0.2) is 36.4 Å². The third kappa shape index (κ3) is 3.12. The van der Waals surface area contributed by atoms with Crippen LogP contribution >= 0.6 is 0 Å². The van der Waals surface area contributed by atoms with E-state index < -0.39 is 5.82 Å². The van der Waals surface area contributed by atoms with Crippen molar-refractivity contribution in [1.29, 1.82) is 0 Å². The Bertz CT molecular complexity index is 678. The molecule has 3 rings (SSSR count). The summed E-state index contributed by atoms with van der Waals surface area (Å²) in [4.78, 5) is 12.3. The van der Waals surface area contributed by atoms with E-state index in [-0.39, 0.29) is 24.1 Å². The highest BCUT2D eigenvalue weighted by Crippen LogP contribution is 2.24. The molecule has 0 bridgehead atoms. The van der Waals surface area contributed by atoms with Gasteiger partial charge in [0, 0.05) is 12.6 Å². The van der Waals surface area contributed by atoms with Crippen LogP contribution in [0.3, 0.4) is 0 Å². The van der Waals surface area contributed by atoms with E-state index in [0.717, 1.165) is 36.5 Å². The smallest absolute Gasteiger partial charge is 0.254 e. The van der Waals surface area contributed by atoms with Crippen LogP contribution < -0.4 is 5.32 Å². The van der Waals surface area contributed by atoms with Gasteiger partial charge < -0.3 is 10.4 Å². The second-order valence-corrected chi connectivity index (χ2v) is 6.05. The molecule has 4 heteroatoms. The van der Waals surface area contributed by atoms with E-state index >= 15 is 0 Å². The van der Waals surface area contributed by atoms with Crippen molar-refractivity contribution in [2.24, 2.45) is 5.92 Å². The lowest BCUT2D eigenvalue weighted by molar-refractivity contribution is 0.0910. The zero-order valence-electron chi connectivity index (χ0n) is 12.4. The van der Waals surface area contributed by atoms with Crippen molar-refractivity contribution < 1.29 is 14.3 Å². The number of fused-ring (bicyclic) bond motifs is 1. The quantitative estimate of drug-likeness (QED) is 0.914. The van der Waals surface area contributed by atoms with Crippen LogP contribution in [0.5, 0.6) is 0 Å². The van der Waals surface area contributed by atoms with Gasteiger partial charge in [0.15, 0.2) is 0 Å². The van der Waals surface area contributed by atoms with E-state index in [9.17, 15) is 9.18 Å². The molecular formula is C18H20FNO2. The highest BCUT2D eigenvalue weighted by molar-refractivity contribution is 5.99. The minimum Gasteiger partial charge on any atom is -0.396 e. The van der Waals surface area contributed by atoms with Crippen LogP contribution in [-0.4, -0.2) is 23.7 Å². The summed E-state index contributed by atoms with van der Waals surface area (Å²) in [6.07, 6.45) is 3.49. The SMILES string of the molecule is O=C(NC1CCC(CO)CC1)c1cc2ccccc2cc1F. The monoisotopic (exact) mass is 301 g/mol. The Balaban J connectivity index is 1.73. The van der Waals surface area contributed by atoms with Crippen molar-refractivity contribution >= 4 is 16.7 Å². The minimum atomic E-state index is -0.486. The van der Waals surface area contributed by atoms with Crippen LogP contribution in [0.4, 0.5) is 4.39 Å². The number of halogens is 1. The summed E-state index contributed by atoms with van der Waals surface area (Å²) in [7, 11) is 0. The van der Waals surface area contributed by atoms with Gasteiger partial charge in [-0.15, -0.1) is 0 Å². The van der Waals surface area contributed by atoms with Crippen molar-refractivity contribution in [3.05, 3.63) is 47.8 Å². The number of amides is 1. The van der Waals surface area contributed by atoms with Gasteiger partial charge in [-0.2, -0.15) is 0 Å². The highest BCUT2D eigenvalue weighted by Gasteiger charge is 2.23. The van der Waals surface area contributed by atoms with Gasteiger partial charge in [-0.3, -0.25) is 4.79 Å². The van der Waals surface area contributed by atoms with Crippen LogP contribution in [-0.2, 0) is 0 Å². The number of hydrogen-bond donors (Lipinski definition) is 2. The molecule has 1 fully saturated rings. The van der Waals surface area contributed by atoms with Gasteiger partial charge in [0.2, 0.25) is 0 Å². The molecule has 22 heavy (non-hydrogen) atoms. The normalized spacial score (nSPS) is 21.7. The van der Waals surface area contributed by atoms with Crippen LogP contribution in [0, 0.1) is 11.7 Å². The first-order valence-electron chi connectivity index (χ1n) is 7.77. The summed E-state index contributed by atoms with van der Waals surface area (Å²) in [6.45, 7) is 0.208. The molecule has 2 aromatic rings. The Morgan fingerprint density at radius 3 is 2.41 bits per heavy atom. The summed E-state index contributed by atoms with van der Waals surface area (Å²) in [6, 6.07) is 10.5. The van der Waals surface area contributed by atoms with E-state index in [1.807, 2.05) is 24.3 Å². The third-order valence-corrected chi connectivity index (χ3v) is 4.52. The molecule has 1 aliphatic carbocycles. The molecular weight excluding hydrogens is 281 g/mol. The van der Waals surface area contributed by atoms with Crippen LogP contribution in [0.2, 0.25) is 0 Å². The Morgan fingerprint density at radius 2 is 1.77 bits per heavy atom. The number of aliphatic hydroxyl groups excluding tert-OH is 1. The molecule has 0 unspecified atom stereocenters. The molecule has 116 valence electrons. The van der Waals surface area contributed by atoms with Gasteiger partial charge in [-0.25, -0.2) is 4.39 Å². The maximum Gasteiger partial charge on any atom is 0.254 e. The van der Waals surface area contributed by atoms with Gasteiger partial charge in [0.05, 0.1) is 5.56 Å². The summed E-state index contributed by atoms with van der Waals surface area (Å²) in [5.74, 6) is -0.499. The van der Waals surface area contributed by atoms with Crippen molar-refractivity contribution in [1.82, 2.24) is 5.32 Å². The first-order chi connectivity index (χ1) is 10.7. The molecule has 2 aromatic carbocycles. The number of nitrogens with one attached hydrogen (secondary N) is 1. The van der Waals surface area contributed by atoms with Gasteiger partial charge in [-0.1, -0.05) is 24.3 Å². The standard InChI is InChI=1S/C18H20FNO2/c19-17-10-14-4-2-1-3-13(14)9-16(17)18(22)20-15-7-5-12(11-21)6-8-15/h1-4,9-10,12,15,21H,5-8,11H2,(H,20,22). The first-order valence-corrected chi connectivity index (χ1v) is 7.77. The average Bonchev–Trinajstić information content (AvgIpc) is 2.54. The molecule has 0 radical (unpaired) electrons. The Morgan fingerprint density at radius 1 is 1.14 bits per heavy atom. The number of aliphatic hydroxyl groups is 1. The summed E-state index contributed by atoms with van der Waals surface area (Å²) in [5.41, 5.74) is 0.1000. The molecule has 2 N–H and O–H groups in total. The van der Waals surface area contributed by atoms with Crippen molar-refractivity contribution in [3.8, 4) is 0 Å². The largest absolute Gasteiger partial charge is 0.396 e. The molecule has 0 aliphatic heterocycles. The molecule has 0 saturated heterocycles. The Labute approximate surface area is 129 Å². The van der Waals surface area contributed by atoms with Gasteiger partial charge in [-0.05, 0) is 54.5 Å². The van der Waals surface area contributed by atoms with Crippen molar-refractivity contribution in [3.63, 3.8) is 0 Å². The summed E-state index contributed by atoms with van der Waals surface area (Å²) in [5, 5.41) is 13.7. The zero-order valence-corrected chi connectivity index (χ0v) is 12.4. The maximum absolute atomic E-state index is 14.1. The molecule has 0 aromatic heterocycles. The lowest BCUT2D eigenvalue weighted by atomic mass is 9.86. The number of carbonyl (C=O) groups is 1. The van der Waals surface area contributed by atoms with Gasteiger partial charge in [0.25, 0.3) is 5.91 Å². The number of benzene rings is 2. The average molecular weight is 301 g/mol. The minimum absolute atomic E-state index is 0.0705. The third-order valence-electron chi connectivity index (χ3n) is 4.52. The lowest BCUT2D eigenvalue weighted by Crippen LogP contribution is -2.38. The predicted molar refractivity (Wildman–Crippen MR) is 84.2 cm³/mol. The topological polar surface area (TPSA) is 49.3 Å². The van der Waals surface area contributed by atoms with Crippen LogP contribution in [0.25, 0.3) is 10.8 Å². The van der Waals surface area contributed by atoms with Gasteiger partial charge in [0.1, 0.15) is 5.82 Å². The summed E-state index contributed by atoms with van der Waals surface area (Å²) < 4.78 is 14.1. The van der Waals surface area contributed by atoms with Gasteiger partial charge >= 0.3 is 0 Å². The molecule has 0 heterocycles.